The normalized spacial score (nSPS) is 18.6. The fourth-order valence-corrected chi connectivity index (χ4v) is 2.80. The zero-order valence-electron chi connectivity index (χ0n) is 9.35. The van der Waals surface area contributed by atoms with Gasteiger partial charge in [0, 0.05) is 6.42 Å². The minimum atomic E-state index is -0.542. The van der Waals surface area contributed by atoms with E-state index in [0.717, 1.165) is 11.8 Å². The number of carbonyl (C=O) groups excluding carboxylic acids is 2. The SMILES string of the molecule is COc1cnc(NC(=O)CC2SC(=N)NC2=O)s1. The third-order valence-electron chi connectivity index (χ3n) is 2.09. The van der Waals surface area contributed by atoms with E-state index in [1.807, 2.05) is 0 Å². The Morgan fingerprint density at radius 3 is 3.06 bits per heavy atom. The van der Waals surface area contributed by atoms with Crippen molar-refractivity contribution in [2.45, 2.75) is 11.7 Å². The van der Waals surface area contributed by atoms with Crippen molar-refractivity contribution in [2.75, 3.05) is 12.4 Å². The number of amides is 2. The molecule has 0 saturated carbocycles. The molecule has 0 aliphatic carbocycles. The number of hydrogen-bond donors (Lipinski definition) is 3. The van der Waals surface area contributed by atoms with Crippen molar-refractivity contribution in [3.8, 4) is 5.06 Å². The lowest BCUT2D eigenvalue weighted by Crippen LogP contribution is -2.27. The highest BCUT2D eigenvalue weighted by atomic mass is 32.2. The summed E-state index contributed by atoms with van der Waals surface area (Å²) in [6, 6.07) is 0. The molecular formula is C9H10N4O3S2. The molecule has 18 heavy (non-hydrogen) atoms. The minimum absolute atomic E-state index is 0.0147. The molecule has 2 amide bonds. The molecular weight excluding hydrogens is 276 g/mol. The second-order valence-electron chi connectivity index (χ2n) is 3.37. The van der Waals surface area contributed by atoms with Crippen LogP contribution in [0, 0.1) is 5.41 Å². The first-order chi connectivity index (χ1) is 8.58. The molecule has 0 radical (unpaired) electrons. The van der Waals surface area contributed by atoms with E-state index in [0.29, 0.717) is 10.2 Å². The highest BCUT2D eigenvalue weighted by Gasteiger charge is 2.31. The van der Waals surface area contributed by atoms with Crippen LogP contribution in [-0.2, 0) is 9.59 Å². The smallest absolute Gasteiger partial charge is 0.240 e. The quantitative estimate of drug-likeness (QED) is 0.753. The Balaban J connectivity index is 1.89. The fourth-order valence-electron chi connectivity index (χ4n) is 1.30. The number of amidine groups is 1. The summed E-state index contributed by atoms with van der Waals surface area (Å²) in [5.74, 6) is -0.619. The Morgan fingerprint density at radius 1 is 1.72 bits per heavy atom. The number of nitrogens with one attached hydrogen (secondary N) is 3. The molecule has 0 aromatic carbocycles. The summed E-state index contributed by atoms with van der Waals surface area (Å²) >= 11 is 2.25. The highest BCUT2D eigenvalue weighted by molar-refractivity contribution is 8.15. The molecule has 2 rings (SSSR count). The van der Waals surface area contributed by atoms with Crippen LogP contribution >= 0.6 is 23.1 Å². The summed E-state index contributed by atoms with van der Waals surface area (Å²) in [5.41, 5.74) is 0. The van der Waals surface area contributed by atoms with Gasteiger partial charge < -0.3 is 15.4 Å². The molecule has 1 unspecified atom stereocenters. The van der Waals surface area contributed by atoms with E-state index in [4.69, 9.17) is 10.1 Å². The van der Waals surface area contributed by atoms with Crippen molar-refractivity contribution in [3.05, 3.63) is 6.20 Å². The van der Waals surface area contributed by atoms with Gasteiger partial charge >= 0.3 is 0 Å². The molecule has 0 spiro atoms. The number of nitrogens with zero attached hydrogens (tertiary/aromatic N) is 1. The first kappa shape index (κ1) is 12.8. The number of thiazole rings is 1. The van der Waals surface area contributed by atoms with Gasteiger partial charge in [-0.25, -0.2) is 4.98 Å². The van der Waals surface area contributed by atoms with Crippen LogP contribution in [0.15, 0.2) is 6.20 Å². The van der Waals surface area contributed by atoms with Crippen LogP contribution < -0.4 is 15.4 Å². The number of thioether (sulfide) groups is 1. The maximum absolute atomic E-state index is 11.7. The molecule has 9 heteroatoms. The van der Waals surface area contributed by atoms with Crippen LogP contribution in [0.2, 0.25) is 0 Å². The number of anilines is 1. The van der Waals surface area contributed by atoms with E-state index in [-0.39, 0.29) is 23.4 Å². The van der Waals surface area contributed by atoms with Gasteiger partial charge in [0.15, 0.2) is 15.4 Å². The largest absolute Gasteiger partial charge is 0.486 e. The summed E-state index contributed by atoms with van der Waals surface area (Å²) in [7, 11) is 1.52. The standard InChI is InChI=1S/C9H10N4O3S2/c1-16-6-3-11-9(18-6)12-5(14)2-4-7(15)13-8(10)17-4/h3-4H,2H2,1H3,(H2,10,13,15)(H,11,12,14). The lowest BCUT2D eigenvalue weighted by molar-refractivity contribution is -0.122. The zero-order chi connectivity index (χ0) is 13.1. The van der Waals surface area contributed by atoms with E-state index in [1.54, 1.807) is 0 Å². The summed E-state index contributed by atoms with van der Waals surface area (Å²) in [5, 5.41) is 12.8. The molecule has 1 aromatic heterocycles. The number of hydrogen-bond acceptors (Lipinski definition) is 7. The molecule has 96 valence electrons. The van der Waals surface area contributed by atoms with Crippen LogP contribution in [-0.4, -0.2) is 34.3 Å². The minimum Gasteiger partial charge on any atom is -0.486 e. The van der Waals surface area contributed by atoms with Crippen molar-refractivity contribution in [1.29, 1.82) is 5.41 Å². The van der Waals surface area contributed by atoms with Gasteiger partial charge in [-0.1, -0.05) is 23.1 Å². The van der Waals surface area contributed by atoms with Gasteiger partial charge in [-0.15, -0.1) is 0 Å². The summed E-state index contributed by atoms with van der Waals surface area (Å²) < 4.78 is 4.95. The van der Waals surface area contributed by atoms with Gasteiger partial charge in [0.1, 0.15) is 5.25 Å². The van der Waals surface area contributed by atoms with Crippen LogP contribution in [0.5, 0.6) is 5.06 Å². The van der Waals surface area contributed by atoms with Crippen LogP contribution in [0.1, 0.15) is 6.42 Å². The first-order valence-electron chi connectivity index (χ1n) is 4.94. The molecule has 1 aromatic rings. The molecule has 3 N–H and O–H groups in total. The van der Waals surface area contributed by atoms with Gasteiger partial charge in [0.05, 0.1) is 13.3 Å². The van der Waals surface area contributed by atoms with Crippen LogP contribution in [0.3, 0.4) is 0 Å². The first-order valence-corrected chi connectivity index (χ1v) is 6.64. The lowest BCUT2D eigenvalue weighted by atomic mass is 10.3. The van der Waals surface area contributed by atoms with E-state index in [2.05, 4.69) is 15.6 Å². The molecule has 1 saturated heterocycles. The van der Waals surface area contributed by atoms with E-state index in [9.17, 15) is 9.59 Å². The molecule has 1 fully saturated rings. The Bertz CT molecular complexity index is 502. The molecule has 1 atom stereocenters. The molecule has 1 aliphatic rings. The predicted octanol–water partition coefficient (Wildman–Crippen LogP) is 0.647. The number of rotatable bonds is 4. The third kappa shape index (κ3) is 2.99. The highest BCUT2D eigenvalue weighted by Crippen LogP contribution is 2.26. The Kier molecular flexibility index (Phi) is 3.82. The molecule has 0 bridgehead atoms. The average molecular weight is 286 g/mol. The summed E-state index contributed by atoms with van der Waals surface area (Å²) in [6.45, 7) is 0. The van der Waals surface area contributed by atoms with Gasteiger partial charge in [0.25, 0.3) is 0 Å². The monoisotopic (exact) mass is 286 g/mol. The molecule has 2 heterocycles. The summed E-state index contributed by atoms with van der Waals surface area (Å²) in [6.07, 6.45) is 1.52. The van der Waals surface area contributed by atoms with Crippen molar-refractivity contribution >= 4 is 45.2 Å². The van der Waals surface area contributed by atoms with E-state index in [1.165, 1.54) is 24.6 Å². The van der Waals surface area contributed by atoms with Gasteiger partial charge in [-0.2, -0.15) is 0 Å². The van der Waals surface area contributed by atoms with E-state index < -0.39 is 5.25 Å². The Hall–Kier alpha value is -1.61. The summed E-state index contributed by atoms with van der Waals surface area (Å²) in [4.78, 5) is 27.0. The Morgan fingerprint density at radius 2 is 2.50 bits per heavy atom. The lowest BCUT2D eigenvalue weighted by Gasteiger charge is -2.04. The maximum Gasteiger partial charge on any atom is 0.240 e. The van der Waals surface area contributed by atoms with E-state index >= 15 is 0 Å². The van der Waals surface area contributed by atoms with Gasteiger partial charge in [-0.3, -0.25) is 15.0 Å². The number of carbonyl (C=O) groups is 2. The van der Waals surface area contributed by atoms with Crippen LogP contribution in [0.25, 0.3) is 0 Å². The van der Waals surface area contributed by atoms with Crippen molar-refractivity contribution < 1.29 is 14.3 Å². The van der Waals surface area contributed by atoms with Gasteiger partial charge in [-0.05, 0) is 0 Å². The van der Waals surface area contributed by atoms with Crippen molar-refractivity contribution in [1.82, 2.24) is 10.3 Å². The number of ether oxygens (including phenoxy) is 1. The van der Waals surface area contributed by atoms with Crippen molar-refractivity contribution in [3.63, 3.8) is 0 Å². The van der Waals surface area contributed by atoms with Gasteiger partial charge in [0.2, 0.25) is 11.8 Å². The van der Waals surface area contributed by atoms with Crippen molar-refractivity contribution in [2.24, 2.45) is 0 Å². The molecule has 1 aliphatic heterocycles. The third-order valence-corrected chi connectivity index (χ3v) is 3.97. The molecule has 7 nitrogen and oxygen atoms in total. The fraction of sp³-hybridized carbons (Fsp3) is 0.333. The number of aromatic nitrogens is 1. The second-order valence-corrected chi connectivity index (χ2v) is 5.57. The maximum atomic E-state index is 11.7. The van der Waals surface area contributed by atoms with Crippen LogP contribution in [0.4, 0.5) is 5.13 Å². The topological polar surface area (TPSA) is 104 Å². The Labute approximate surface area is 111 Å². The second kappa shape index (κ2) is 5.36. The predicted molar refractivity (Wildman–Crippen MR) is 69.2 cm³/mol. The zero-order valence-corrected chi connectivity index (χ0v) is 11.0. The average Bonchev–Trinajstić information content (AvgIpc) is 2.86. The number of methoxy groups -OCH3 is 1.